The lowest BCUT2D eigenvalue weighted by Gasteiger charge is -2.33. The fourth-order valence-electron chi connectivity index (χ4n) is 4.11. The second kappa shape index (κ2) is 8.19. The summed E-state index contributed by atoms with van der Waals surface area (Å²) in [6, 6.07) is 5.98. The first-order valence-electron chi connectivity index (χ1n) is 9.68. The molecule has 2 aliphatic heterocycles. The van der Waals surface area contributed by atoms with Gasteiger partial charge >= 0.3 is 0 Å². The Bertz CT molecular complexity index is 906. The second-order valence-corrected chi connectivity index (χ2v) is 8.06. The van der Waals surface area contributed by atoms with Gasteiger partial charge in [-0.05, 0) is 49.6 Å². The first-order chi connectivity index (χ1) is 13.5. The number of benzene rings is 1. The van der Waals surface area contributed by atoms with E-state index in [-0.39, 0.29) is 23.5 Å². The number of aliphatic hydroxyl groups excluding tert-OH is 1. The van der Waals surface area contributed by atoms with Crippen LogP contribution in [0.25, 0.3) is 0 Å². The maximum absolute atomic E-state index is 13.5. The predicted molar refractivity (Wildman–Crippen MR) is 106 cm³/mol. The highest BCUT2D eigenvalue weighted by atomic mass is 35.5. The van der Waals surface area contributed by atoms with Gasteiger partial charge in [-0.2, -0.15) is 5.10 Å². The summed E-state index contributed by atoms with van der Waals surface area (Å²) in [4.78, 5) is 16.8. The molecule has 0 radical (unpaired) electrons. The topological polar surface area (TPSA) is 61.6 Å². The van der Waals surface area contributed by atoms with E-state index in [1.165, 1.54) is 12.1 Å². The third-order valence-corrected chi connectivity index (χ3v) is 5.94. The fourth-order valence-corrected chi connectivity index (χ4v) is 4.29. The van der Waals surface area contributed by atoms with Crippen molar-refractivity contribution in [2.45, 2.75) is 38.0 Å². The summed E-state index contributed by atoms with van der Waals surface area (Å²) in [5.41, 5.74) is 1.39. The van der Waals surface area contributed by atoms with Crippen molar-refractivity contribution in [3.8, 4) is 0 Å². The molecule has 2 fully saturated rings. The van der Waals surface area contributed by atoms with E-state index in [0.717, 1.165) is 37.2 Å². The van der Waals surface area contributed by atoms with Crippen molar-refractivity contribution in [2.75, 3.05) is 31.1 Å². The highest BCUT2D eigenvalue weighted by molar-refractivity contribution is 6.31. The summed E-state index contributed by atoms with van der Waals surface area (Å²) in [6.07, 6.45) is 3.89. The van der Waals surface area contributed by atoms with Gasteiger partial charge in [-0.1, -0.05) is 11.6 Å². The molecule has 0 spiro atoms. The average Bonchev–Trinajstić information content (AvgIpc) is 3.11. The van der Waals surface area contributed by atoms with Crippen molar-refractivity contribution in [1.82, 2.24) is 14.7 Å². The highest BCUT2D eigenvalue weighted by Crippen LogP contribution is 2.25. The number of halogens is 2. The van der Waals surface area contributed by atoms with Gasteiger partial charge in [0.15, 0.2) is 0 Å². The van der Waals surface area contributed by atoms with E-state index in [1.807, 2.05) is 4.90 Å². The molecular weight excluding hydrogens is 383 g/mol. The van der Waals surface area contributed by atoms with Gasteiger partial charge in [0, 0.05) is 37.3 Å². The number of aliphatic hydroxyl groups is 1. The number of piperidine rings is 1. The molecular formula is C20H24ClFN4O2. The summed E-state index contributed by atoms with van der Waals surface area (Å²) in [5, 5.41) is 14.7. The average molecular weight is 407 g/mol. The Labute approximate surface area is 168 Å². The maximum atomic E-state index is 13.5. The minimum absolute atomic E-state index is 0.0215. The summed E-state index contributed by atoms with van der Waals surface area (Å²) in [5.74, 6) is -0.298. The third kappa shape index (κ3) is 4.21. The number of aromatic nitrogens is 2. The molecule has 1 aromatic carbocycles. The zero-order valence-electron chi connectivity index (χ0n) is 15.6. The van der Waals surface area contributed by atoms with Gasteiger partial charge in [0.1, 0.15) is 5.82 Å². The molecule has 0 aliphatic carbocycles. The van der Waals surface area contributed by atoms with Gasteiger partial charge in [0.05, 0.1) is 24.0 Å². The Balaban J connectivity index is 1.47. The van der Waals surface area contributed by atoms with Gasteiger partial charge in [-0.3, -0.25) is 9.69 Å². The van der Waals surface area contributed by atoms with Gasteiger partial charge in [-0.15, -0.1) is 0 Å². The van der Waals surface area contributed by atoms with E-state index in [1.54, 1.807) is 23.0 Å². The number of β-amino-alcohol motifs (C(OH)–C–C–N with tert-alkyl or cyclic N) is 1. The molecule has 28 heavy (non-hydrogen) atoms. The van der Waals surface area contributed by atoms with Crippen LogP contribution >= 0.6 is 11.6 Å². The SMILES string of the molecule is O=c1cc(N2CC[C@H](O)C2)cnn1[C@@H]1CCCN(Cc2cc(F)ccc2Cl)C1. The maximum Gasteiger partial charge on any atom is 0.269 e. The minimum Gasteiger partial charge on any atom is -0.391 e. The largest absolute Gasteiger partial charge is 0.391 e. The quantitative estimate of drug-likeness (QED) is 0.845. The van der Waals surface area contributed by atoms with Crippen LogP contribution in [0.2, 0.25) is 5.02 Å². The summed E-state index contributed by atoms with van der Waals surface area (Å²) >= 11 is 6.20. The normalized spacial score (nSPS) is 23.3. The third-order valence-electron chi connectivity index (χ3n) is 5.57. The first kappa shape index (κ1) is 19.4. The smallest absolute Gasteiger partial charge is 0.269 e. The Hall–Kier alpha value is -1.96. The van der Waals surface area contributed by atoms with E-state index >= 15 is 0 Å². The highest BCUT2D eigenvalue weighted by Gasteiger charge is 2.25. The summed E-state index contributed by atoms with van der Waals surface area (Å²) in [7, 11) is 0. The monoisotopic (exact) mass is 406 g/mol. The molecule has 0 saturated carbocycles. The molecule has 6 nitrogen and oxygen atoms in total. The van der Waals surface area contributed by atoms with Crippen molar-refractivity contribution in [2.24, 2.45) is 0 Å². The Morgan fingerprint density at radius 1 is 1.21 bits per heavy atom. The number of likely N-dealkylation sites (tertiary alicyclic amines) is 1. The van der Waals surface area contributed by atoms with Gasteiger partial charge < -0.3 is 10.0 Å². The van der Waals surface area contributed by atoms with Gasteiger partial charge in [0.25, 0.3) is 5.56 Å². The number of hydrogen-bond donors (Lipinski definition) is 1. The van der Waals surface area contributed by atoms with Gasteiger partial charge in [-0.25, -0.2) is 9.07 Å². The van der Waals surface area contributed by atoms with E-state index < -0.39 is 0 Å². The minimum atomic E-state index is -0.344. The van der Waals surface area contributed by atoms with Crippen LogP contribution in [0.15, 0.2) is 35.3 Å². The molecule has 1 N–H and O–H groups in total. The van der Waals surface area contributed by atoms with Crippen molar-refractivity contribution < 1.29 is 9.50 Å². The number of hydrogen-bond acceptors (Lipinski definition) is 5. The first-order valence-corrected chi connectivity index (χ1v) is 10.1. The fraction of sp³-hybridized carbons (Fsp3) is 0.500. The number of rotatable bonds is 4. The van der Waals surface area contributed by atoms with Crippen LogP contribution in [0.3, 0.4) is 0 Å². The molecule has 2 aromatic rings. The zero-order valence-corrected chi connectivity index (χ0v) is 16.4. The summed E-state index contributed by atoms with van der Waals surface area (Å²) < 4.78 is 15.1. The Morgan fingerprint density at radius 3 is 2.82 bits per heavy atom. The zero-order chi connectivity index (χ0) is 19.7. The van der Waals surface area contributed by atoms with E-state index in [9.17, 15) is 14.3 Å². The van der Waals surface area contributed by atoms with E-state index in [2.05, 4.69) is 10.00 Å². The molecule has 2 saturated heterocycles. The molecule has 0 unspecified atom stereocenters. The summed E-state index contributed by atoms with van der Waals surface area (Å²) in [6.45, 7) is 3.36. The van der Waals surface area contributed by atoms with E-state index in [0.29, 0.717) is 31.1 Å². The molecule has 1 aromatic heterocycles. The molecule has 0 amide bonds. The number of nitrogens with zero attached hydrogens (tertiary/aromatic N) is 4. The van der Waals surface area contributed by atoms with Crippen molar-refractivity contribution >= 4 is 17.3 Å². The molecule has 4 rings (SSSR count). The predicted octanol–water partition coefficient (Wildman–Crippen LogP) is 2.44. The standard InChI is InChI=1S/C20H24ClFN4O2/c21-19-4-3-15(22)8-14(19)11-24-6-1-2-16(12-24)26-20(28)9-17(10-23-26)25-7-5-18(27)13-25/h3-4,8-10,16,18,27H,1-2,5-7,11-13H2/t16-,18+/m1/s1. The molecule has 0 bridgehead atoms. The molecule has 2 aliphatic rings. The second-order valence-electron chi connectivity index (χ2n) is 7.65. The lowest BCUT2D eigenvalue weighted by atomic mass is 10.0. The lowest BCUT2D eigenvalue weighted by Crippen LogP contribution is -2.40. The van der Waals surface area contributed by atoms with Crippen LogP contribution in [-0.2, 0) is 6.54 Å². The van der Waals surface area contributed by atoms with Gasteiger partial charge in [0.2, 0.25) is 0 Å². The molecule has 8 heteroatoms. The van der Waals surface area contributed by atoms with Crippen LogP contribution < -0.4 is 10.5 Å². The number of anilines is 1. The van der Waals surface area contributed by atoms with Crippen LogP contribution in [0.1, 0.15) is 30.9 Å². The Morgan fingerprint density at radius 2 is 2.07 bits per heavy atom. The van der Waals surface area contributed by atoms with Crippen LogP contribution in [0.5, 0.6) is 0 Å². The van der Waals surface area contributed by atoms with Crippen LogP contribution in [0, 0.1) is 5.82 Å². The van der Waals surface area contributed by atoms with Crippen molar-refractivity contribution in [3.63, 3.8) is 0 Å². The molecule has 3 heterocycles. The van der Waals surface area contributed by atoms with Crippen LogP contribution in [0.4, 0.5) is 10.1 Å². The van der Waals surface area contributed by atoms with E-state index in [4.69, 9.17) is 11.6 Å². The molecule has 2 atom stereocenters. The lowest BCUT2D eigenvalue weighted by molar-refractivity contribution is 0.160. The Kier molecular flexibility index (Phi) is 5.66. The van der Waals surface area contributed by atoms with Crippen molar-refractivity contribution in [1.29, 1.82) is 0 Å². The van der Waals surface area contributed by atoms with Crippen molar-refractivity contribution in [3.05, 3.63) is 57.2 Å². The molecule has 150 valence electrons. The van der Waals surface area contributed by atoms with Crippen LogP contribution in [-0.4, -0.2) is 52.1 Å².